The first-order valence-electron chi connectivity index (χ1n) is 8.93. The maximum atomic E-state index is 12.1. The van der Waals surface area contributed by atoms with Crippen molar-refractivity contribution in [1.29, 1.82) is 0 Å². The lowest BCUT2D eigenvalue weighted by atomic mass is 10.3. The molecule has 0 unspecified atom stereocenters. The fourth-order valence-corrected chi connectivity index (χ4v) is 3.44. The van der Waals surface area contributed by atoms with Crippen LogP contribution in [0.4, 0.5) is 10.8 Å². The highest BCUT2D eigenvalue weighted by Gasteiger charge is 2.26. The first-order valence-corrected chi connectivity index (χ1v) is 8.93. The van der Waals surface area contributed by atoms with Crippen LogP contribution in [0.5, 0.6) is 0 Å². The van der Waals surface area contributed by atoms with E-state index in [1.165, 1.54) is 12.8 Å². The number of benzene rings is 1. The van der Waals surface area contributed by atoms with Crippen LogP contribution in [0.2, 0.25) is 0 Å². The number of fused-ring (bicyclic) bond motifs is 1. The van der Waals surface area contributed by atoms with E-state index in [9.17, 15) is 4.79 Å². The Labute approximate surface area is 146 Å². The van der Waals surface area contributed by atoms with E-state index in [-0.39, 0.29) is 18.2 Å². The van der Waals surface area contributed by atoms with E-state index in [1.54, 1.807) is 0 Å². The van der Waals surface area contributed by atoms with E-state index in [0.29, 0.717) is 32.3 Å². The minimum atomic E-state index is -0.361. The van der Waals surface area contributed by atoms with Gasteiger partial charge in [0, 0.05) is 12.6 Å². The first kappa shape index (κ1) is 16.2. The summed E-state index contributed by atoms with van der Waals surface area (Å²) in [5.74, 6) is 0. The predicted octanol–water partition coefficient (Wildman–Crippen LogP) is 2.70. The summed E-state index contributed by atoms with van der Waals surface area (Å²) in [5.41, 5.74) is 1.57. The molecule has 134 valence electrons. The average molecular weight is 345 g/mol. The number of rotatable bonds is 3. The molecule has 1 N–H and O–H groups in total. The second-order valence-electron chi connectivity index (χ2n) is 6.64. The van der Waals surface area contributed by atoms with Crippen LogP contribution in [0, 0.1) is 0 Å². The Morgan fingerprint density at radius 3 is 2.96 bits per heavy atom. The molecule has 1 atom stereocenters. The Kier molecular flexibility index (Phi) is 4.74. The van der Waals surface area contributed by atoms with Gasteiger partial charge in [0.1, 0.15) is 11.6 Å². The molecule has 0 spiro atoms. The van der Waals surface area contributed by atoms with Gasteiger partial charge in [-0.3, -0.25) is 0 Å². The number of para-hydroxylation sites is 2. The largest absolute Gasteiger partial charge is 0.442 e. The standard InChI is InChI=1S/C18H23N3O4/c22-18(19-13-5-1-2-6-13)24-14-11-21(9-10-23-12-14)17-20-15-7-3-4-8-16(15)25-17/h3-4,7-8,13-14H,1-2,5-6,9-12H2,(H,19,22)/t14-/m1/s1. The summed E-state index contributed by atoms with van der Waals surface area (Å²) in [7, 11) is 0. The fraction of sp³-hybridized carbons (Fsp3) is 0.556. The fourth-order valence-electron chi connectivity index (χ4n) is 3.44. The van der Waals surface area contributed by atoms with Crippen molar-refractivity contribution in [3.05, 3.63) is 24.3 Å². The van der Waals surface area contributed by atoms with E-state index in [4.69, 9.17) is 13.9 Å². The number of carbonyl (C=O) groups excluding carboxylic acids is 1. The number of hydrogen-bond acceptors (Lipinski definition) is 6. The first-order chi connectivity index (χ1) is 12.3. The zero-order valence-corrected chi connectivity index (χ0v) is 14.1. The number of hydrogen-bond donors (Lipinski definition) is 1. The van der Waals surface area contributed by atoms with E-state index in [2.05, 4.69) is 10.3 Å². The molecular weight excluding hydrogens is 322 g/mol. The van der Waals surface area contributed by atoms with Gasteiger partial charge in [0.05, 0.1) is 19.8 Å². The van der Waals surface area contributed by atoms with Crippen molar-refractivity contribution in [2.24, 2.45) is 0 Å². The van der Waals surface area contributed by atoms with Crippen LogP contribution in [0.15, 0.2) is 28.7 Å². The quantitative estimate of drug-likeness (QED) is 0.922. The van der Waals surface area contributed by atoms with E-state index >= 15 is 0 Å². The monoisotopic (exact) mass is 345 g/mol. The van der Waals surface area contributed by atoms with Crippen molar-refractivity contribution in [3.8, 4) is 0 Å². The number of aromatic nitrogens is 1. The Hall–Kier alpha value is -2.28. The van der Waals surface area contributed by atoms with Gasteiger partial charge in [0.2, 0.25) is 0 Å². The normalized spacial score (nSPS) is 22.1. The third-order valence-corrected chi connectivity index (χ3v) is 4.74. The molecule has 1 saturated carbocycles. The topological polar surface area (TPSA) is 76.8 Å². The highest BCUT2D eigenvalue weighted by atomic mass is 16.6. The van der Waals surface area contributed by atoms with Crippen molar-refractivity contribution >= 4 is 23.2 Å². The molecule has 2 aromatic rings. The van der Waals surface area contributed by atoms with Crippen LogP contribution >= 0.6 is 0 Å². The van der Waals surface area contributed by atoms with Gasteiger partial charge in [0.25, 0.3) is 6.01 Å². The van der Waals surface area contributed by atoms with Crippen molar-refractivity contribution in [2.45, 2.75) is 37.8 Å². The van der Waals surface area contributed by atoms with Crippen molar-refractivity contribution < 1.29 is 18.7 Å². The van der Waals surface area contributed by atoms with Gasteiger partial charge in [-0.05, 0) is 25.0 Å². The summed E-state index contributed by atoms with van der Waals surface area (Å²) in [6.07, 6.45) is 3.70. The zero-order chi connectivity index (χ0) is 17.1. The van der Waals surface area contributed by atoms with Gasteiger partial charge in [-0.1, -0.05) is 25.0 Å². The molecule has 4 rings (SSSR count). The van der Waals surface area contributed by atoms with E-state index in [0.717, 1.165) is 23.9 Å². The number of oxazole rings is 1. The van der Waals surface area contributed by atoms with Crippen molar-refractivity contribution in [3.63, 3.8) is 0 Å². The SMILES string of the molecule is O=C(NC1CCCC1)O[C@H]1COCCN(c2nc3ccccc3o2)C1. The summed E-state index contributed by atoms with van der Waals surface area (Å²) >= 11 is 0. The Morgan fingerprint density at radius 2 is 2.12 bits per heavy atom. The van der Waals surface area contributed by atoms with Gasteiger partial charge < -0.3 is 24.1 Å². The van der Waals surface area contributed by atoms with Crippen LogP contribution in [-0.4, -0.2) is 49.5 Å². The van der Waals surface area contributed by atoms with Crippen LogP contribution in [0.3, 0.4) is 0 Å². The number of anilines is 1. The lowest BCUT2D eigenvalue weighted by molar-refractivity contribution is 0.0368. The molecule has 1 aliphatic carbocycles. The third-order valence-electron chi connectivity index (χ3n) is 4.74. The lowest BCUT2D eigenvalue weighted by Crippen LogP contribution is -2.40. The van der Waals surface area contributed by atoms with Gasteiger partial charge in [-0.25, -0.2) is 4.79 Å². The second-order valence-corrected chi connectivity index (χ2v) is 6.64. The summed E-state index contributed by atoms with van der Waals surface area (Å²) in [4.78, 5) is 18.6. The molecule has 1 amide bonds. The Morgan fingerprint density at radius 1 is 1.28 bits per heavy atom. The van der Waals surface area contributed by atoms with E-state index < -0.39 is 0 Å². The van der Waals surface area contributed by atoms with Gasteiger partial charge >= 0.3 is 6.09 Å². The molecule has 2 fully saturated rings. The second kappa shape index (κ2) is 7.31. The molecule has 0 bridgehead atoms. The molecule has 25 heavy (non-hydrogen) atoms. The molecule has 1 saturated heterocycles. The van der Waals surface area contributed by atoms with Crippen LogP contribution < -0.4 is 10.2 Å². The third kappa shape index (κ3) is 3.87. The molecule has 1 aromatic carbocycles. The van der Waals surface area contributed by atoms with Crippen molar-refractivity contribution in [2.75, 3.05) is 31.2 Å². The number of alkyl carbamates (subject to hydrolysis) is 1. The molecule has 1 aliphatic heterocycles. The molecule has 2 aliphatic rings. The number of amides is 1. The highest BCUT2D eigenvalue weighted by Crippen LogP contribution is 2.23. The van der Waals surface area contributed by atoms with Gasteiger partial charge in [0.15, 0.2) is 5.58 Å². The maximum absolute atomic E-state index is 12.1. The molecule has 0 radical (unpaired) electrons. The van der Waals surface area contributed by atoms with Gasteiger partial charge in [-0.2, -0.15) is 4.98 Å². The highest BCUT2D eigenvalue weighted by molar-refractivity contribution is 5.74. The smallest absolute Gasteiger partial charge is 0.407 e. The Bertz CT molecular complexity index is 693. The summed E-state index contributed by atoms with van der Waals surface area (Å²) in [6.45, 7) is 2.08. The van der Waals surface area contributed by atoms with Crippen molar-refractivity contribution in [1.82, 2.24) is 10.3 Å². The number of nitrogens with one attached hydrogen (secondary N) is 1. The summed E-state index contributed by atoms with van der Waals surface area (Å²) < 4.78 is 17.0. The Balaban J connectivity index is 1.40. The van der Waals surface area contributed by atoms with E-state index in [1.807, 2.05) is 29.2 Å². The van der Waals surface area contributed by atoms with Gasteiger partial charge in [-0.15, -0.1) is 0 Å². The lowest BCUT2D eigenvalue weighted by Gasteiger charge is -2.22. The minimum absolute atomic E-state index is 0.243. The average Bonchev–Trinajstić information content (AvgIpc) is 3.21. The number of carbonyl (C=O) groups is 1. The predicted molar refractivity (Wildman–Crippen MR) is 92.7 cm³/mol. The number of nitrogens with zero attached hydrogens (tertiary/aromatic N) is 2. The zero-order valence-electron chi connectivity index (χ0n) is 14.1. The maximum Gasteiger partial charge on any atom is 0.407 e. The molecule has 2 heterocycles. The molecular formula is C18H23N3O4. The summed E-state index contributed by atoms with van der Waals surface area (Å²) in [6, 6.07) is 8.44. The van der Waals surface area contributed by atoms with Crippen LogP contribution in [0.1, 0.15) is 25.7 Å². The molecule has 1 aromatic heterocycles. The van der Waals surface area contributed by atoms with Crippen LogP contribution in [-0.2, 0) is 9.47 Å². The minimum Gasteiger partial charge on any atom is -0.442 e. The molecule has 7 heteroatoms. The number of ether oxygens (including phenoxy) is 2. The summed E-state index contributed by atoms with van der Waals surface area (Å²) in [5, 5.41) is 2.95. The van der Waals surface area contributed by atoms with Crippen LogP contribution in [0.25, 0.3) is 11.1 Å². The molecule has 7 nitrogen and oxygen atoms in total.